The Morgan fingerprint density at radius 2 is 2.12 bits per heavy atom. The van der Waals surface area contributed by atoms with Crippen LogP contribution in [0.1, 0.15) is 13.8 Å². The second kappa shape index (κ2) is 3.29. The Morgan fingerprint density at radius 1 is 1.62 bits per heavy atom. The van der Waals surface area contributed by atoms with Crippen molar-refractivity contribution in [3.05, 3.63) is 12.4 Å². The van der Waals surface area contributed by atoms with Crippen LogP contribution in [0.3, 0.4) is 0 Å². The topological polar surface area (TPSA) is 24.1 Å². The van der Waals surface area contributed by atoms with Crippen molar-refractivity contribution < 1.29 is 4.48 Å². The summed E-state index contributed by atoms with van der Waals surface area (Å²) in [5.41, 5.74) is 1.39. The summed E-state index contributed by atoms with van der Waals surface area (Å²) in [6.07, 6.45) is 0. The lowest BCUT2D eigenvalue weighted by molar-refractivity contribution is 0.360. The monoisotopic (exact) mass is 118 g/mol. The van der Waals surface area contributed by atoms with Crippen LogP contribution < -0.4 is 10.9 Å². The van der Waals surface area contributed by atoms with E-state index >= 15 is 0 Å². The fraction of sp³-hybridized carbons (Fsp3) is 0.600. The predicted molar refractivity (Wildman–Crippen MR) is 31.7 cm³/mol. The number of halogens is 1. The van der Waals surface area contributed by atoms with Crippen molar-refractivity contribution in [1.82, 2.24) is 10.9 Å². The summed E-state index contributed by atoms with van der Waals surface area (Å²) in [5, 5.41) is 2.71. The van der Waals surface area contributed by atoms with E-state index in [0.717, 1.165) is 0 Å². The van der Waals surface area contributed by atoms with E-state index in [1.165, 1.54) is 5.54 Å². The molecule has 0 atom stereocenters. The Labute approximate surface area is 48.7 Å². The van der Waals surface area contributed by atoms with Gasteiger partial charge in [0.05, 0.1) is 0 Å². The van der Waals surface area contributed by atoms with Crippen LogP contribution in [-0.2, 0) is 0 Å². The maximum absolute atomic E-state index is 11.3. The van der Waals surface area contributed by atoms with Crippen LogP contribution >= 0.6 is 0 Å². The van der Waals surface area contributed by atoms with Crippen LogP contribution in [0.4, 0.5) is 4.48 Å². The van der Waals surface area contributed by atoms with Gasteiger partial charge in [0.1, 0.15) is 5.82 Å². The normalized spacial score (nSPS) is 9.00. The van der Waals surface area contributed by atoms with Gasteiger partial charge >= 0.3 is 0 Å². The molecule has 0 amide bonds. The fourth-order valence-corrected chi connectivity index (χ4v) is 0.376. The molecular formula is C5H11FN2. The first-order valence-electron chi connectivity index (χ1n) is 2.49. The van der Waals surface area contributed by atoms with Crippen LogP contribution in [0.2, 0.25) is 0 Å². The van der Waals surface area contributed by atoms with Crippen LogP contribution in [0.5, 0.6) is 0 Å². The van der Waals surface area contributed by atoms with Crippen LogP contribution in [0.25, 0.3) is 0 Å². The van der Waals surface area contributed by atoms with E-state index in [0.29, 0.717) is 0 Å². The van der Waals surface area contributed by atoms with Gasteiger partial charge in [0.25, 0.3) is 0 Å². The number of rotatable bonds is 3. The summed E-state index contributed by atoms with van der Waals surface area (Å²) in [4.78, 5) is 0. The molecule has 0 radical (unpaired) electrons. The fourth-order valence-electron chi connectivity index (χ4n) is 0.376. The first kappa shape index (κ1) is 7.27. The van der Waals surface area contributed by atoms with Gasteiger partial charge in [-0.2, -0.15) is 0 Å². The molecule has 2 N–H and O–H groups in total. The second-order valence-electron chi connectivity index (χ2n) is 1.87. The third kappa shape index (κ3) is 3.46. The molecule has 48 valence electrons. The summed E-state index contributed by atoms with van der Waals surface area (Å²) in [5.74, 6) is 0.208. The quantitative estimate of drug-likeness (QED) is 0.539. The molecule has 0 saturated carbocycles. The molecule has 3 heteroatoms. The Kier molecular flexibility index (Phi) is 2.99. The molecule has 0 bridgehead atoms. The highest BCUT2D eigenvalue weighted by molar-refractivity contribution is 4.84. The third-order valence-electron chi connectivity index (χ3n) is 0.577. The summed E-state index contributed by atoms with van der Waals surface area (Å²) < 4.78 is 11.3. The summed E-state index contributed by atoms with van der Waals surface area (Å²) >= 11 is 0. The minimum Gasteiger partial charge on any atom is -0.368 e. The lowest BCUT2D eigenvalue weighted by Crippen LogP contribution is -2.26. The molecule has 0 heterocycles. The maximum atomic E-state index is 11.3. The molecule has 8 heavy (non-hydrogen) atoms. The highest BCUT2D eigenvalue weighted by Crippen LogP contribution is 1.81. The highest BCUT2D eigenvalue weighted by atomic mass is 19.2. The van der Waals surface area contributed by atoms with Gasteiger partial charge < -0.3 is 5.32 Å². The summed E-state index contributed by atoms with van der Waals surface area (Å²) in [7, 11) is 0. The zero-order chi connectivity index (χ0) is 6.57. The molecule has 0 aliphatic carbocycles. The maximum Gasteiger partial charge on any atom is 0.121 e. The standard InChI is InChI=1S/C5H11FN2/c1-4(2)7-5(3)8-6/h4,7-8H,3H2,1-2H3. The summed E-state index contributed by atoms with van der Waals surface area (Å²) in [6, 6.07) is 0.228. The Balaban J connectivity index is 3.25. The van der Waals surface area contributed by atoms with Crippen LogP contribution in [0.15, 0.2) is 12.4 Å². The van der Waals surface area contributed by atoms with E-state index in [2.05, 4.69) is 11.9 Å². The van der Waals surface area contributed by atoms with Gasteiger partial charge in [0.2, 0.25) is 0 Å². The van der Waals surface area contributed by atoms with E-state index in [-0.39, 0.29) is 11.9 Å². The first-order valence-corrected chi connectivity index (χ1v) is 2.49. The number of hydrogen-bond acceptors (Lipinski definition) is 2. The lowest BCUT2D eigenvalue weighted by atomic mass is 10.4. The molecule has 0 unspecified atom stereocenters. The largest absolute Gasteiger partial charge is 0.368 e. The third-order valence-corrected chi connectivity index (χ3v) is 0.577. The van der Waals surface area contributed by atoms with Crippen molar-refractivity contribution in [2.45, 2.75) is 19.9 Å². The van der Waals surface area contributed by atoms with Gasteiger partial charge in [0, 0.05) is 6.04 Å². The van der Waals surface area contributed by atoms with Crippen molar-refractivity contribution in [2.24, 2.45) is 0 Å². The molecule has 0 aromatic carbocycles. The van der Waals surface area contributed by atoms with Gasteiger partial charge in [-0.3, -0.25) is 0 Å². The van der Waals surface area contributed by atoms with Crippen molar-refractivity contribution in [1.29, 1.82) is 0 Å². The predicted octanol–water partition coefficient (Wildman–Crippen LogP) is 0.930. The Morgan fingerprint density at radius 3 is 2.25 bits per heavy atom. The van der Waals surface area contributed by atoms with Crippen molar-refractivity contribution >= 4 is 0 Å². The van der Waals surface area contributed by atoms with E-state index in [1.807, 2.05) is 13.8 Å². The van der Waals surface area contributed by atoms with Gasteiger partial charge in [-0.1, -0.05) is 6.58 Å². The van der Waals surface area contributed by atoms with Crippen molar-refractivity contribution in [2.75, 3.05) is 0 Å². The lowest BCUT2D eigenvalue weighted by Gasteiger charge is -2.08. The van der Waals surface area contributed by atoms with Gasteiger partial charge in [-0.15, -0.1) is 4.48 Å². The molecule has 0 aromatic rings. The SMILES string of the molecule is C=C(NF)NC(C)C. The first-order chi connectivity index (χ1) is 3.66. The molecule has 0 aliphatic rings. The zero-order valence-corrected chi connectivity index (χ0v) is 5.16. The highest BCUT2D eigenvalue weighted by Gasteiger charge is 1.91. The van der Waals surface area contributed by atoms with Crippen molar-refractivity contribution in [3.63, 3.8) is 0 Å². The molecule has 0 rings (SSSR count). The van der Waals surface area contributed by atoms with E-state index in [4.69, 9.17) is 0 Å². The smallest absolute Gasteiger partial charge is 0.121 e. The average molecular weight is 118 g/mol. The minimum atomic E-state index is 0.208. The summed E-state index contributed by atoms with van der Waals surface area (Å²) in [6.45, 7) is 7.13. The average Bonchev–Trinajstić information content (AvgIpc) is 1.65. The van der Waals surface area contributed by atoms with Gasteiger partial charge in [0.15, 0.2) is 0 Å². The molecule has 0 fully saturated rings. The molecule has 0 saturated heterocycles. The van der Waals surface area contributed by atoms with Gasteiger partial charge in [-0.05, 0) is 13.8 Å². The molecule has 0 spiro atoms. The van der Waals surface area contributed by atoms with E-state index in [9.17, 15) is 4.48 Å². The van der Waals surface area contributed by atoms with Crippen LogP contribution in [0, 0.1) is 0 Å². The molecule has 0 aliphatic heterocycles. The molecular weight excluding hydrogens is 107 g/mol. The van der Waals surface area contributed by atoms with E-state index < -0.39 is 0 Å². The zero-order valence-electron chi connectivity index (χ0n) is 5.16. The molecule has 0 aromatic heterocycles. The number of hydrogen-bond donors (Lipinski definition) is 2. The van der Waals surface area contributed by atoms with E-state index in [1.54, 1.807) is 0 Å². The molecule has 2 nitrogen and oxygen atoms in total. The second-order valence-corrected chi connectivity index (χ2v) is 1.87. The minimum absolute atomic E-state index is 0.208. The Hall–Kier alpha value is -0.730. The van der Waals surface area contributed by atoms with Crippen LogP contribution in [-0.4, -0.2) is 6.04 Å². The Bertz CT molecular complexity index is 80.5. The van der Waals surface area contributed by atoms with Gasteiger partial charge in [-0.25, -0.2) is 5.54 Å². The van der Waals surface area contributed by atoms with Crippen molar-refractivity contribution in [3.8, 4) is 0 Å². The number of nitrogens with one attached hydrogen (secondary N) is 2.